The van der Waals surface area contributed by atoms with Crippen LogP contribution in [-0.2, 0) is 13.1 Å². The molecule has 12 heavy (non-hydrogen) atoms. The average molecular weight is 174 g/mol. The van der Waals surface area contributed by atoms with E-state index in [4.69, 9.17) is 10.8 Å². The zero-order chi connectivity index (χ0) is 8.97. The molecule has 5 nitrogen and oxygen atoms in total. The Morgan fingerprint density at radius 3 is 3.00 bits per heavy atom. The molecule has 0 saturated carbocycles. The third-order valence-corrected chi connectivity index (χ3v) is 1.34. The largest absolute Gasteiger partial charge is 0.388 e. The van der Waals surface area contributed by atoms with E-state index in [1.165, 1.54) is 11.0 Å². The summed E-state index contributed by atoms with van der Waals surface area (Å²) in [6.45, 7) is -0.417. The van der Waals surface area contributed by atoms with Crippen molar-refractivity contribution >= 4 is 0 Å². The zero-order valence-corrected chi connectivity index (χ0v) is 6.52. The van der Waals surface area contributed by atoms with Crippen molar-refractivity contribution in [2.45, 2.75) is 19.2 Å². The van der Waals surface area contributed by atoms with Crippen LogP contribution in [0.4, 0.5) is 4.39 Å². The van der Waals surface area contributed by atoms with Crippen molar-refractivity contribution in [3.05, 3.63) is 12.2 Å². The van der Waals surface area contributed by atoms with Gasteiger partial charge in [-0.15, -0.1) is 0 Å². The predicted octanol–water partition coefficient (Wildman–Crippen LogP) is -0.933. The second-order valence-corrected chi connectivity index (χ2v) is 2.40. The zero-order valence-electron chi connectivity index (χ0n) is 6.52. The van der Waals surface area contributed by atoms with E-state index in [1.807, 2.05) is 0 Å². The first-order chi connectivity index (χ1) is 5.76. The molecule has 0 saturated heterocycles. The molecule has 0 radical (unpaired) electrons. The van der Waals surface area contributed by atoms with Crippen molar-refractivity contribution in [2.75, 3.05) is 6.67 Å². The van der Waals surface area contributed by atoms with Gasteiger partial charge in [0.2, 0.25) is 0 Å². The second-order valence-electron chi connectivity index (χ2n) is 2.40. The van der Waals surface area contributed by atoms with Gasteiger partial charge in [0.05, 0.1) is 13.1 Å². The van der Waals surface area contributed by atoms with Gasteiger partial charge >= 0.3 is 0 Å². The Balaban J connectivity index is 2.52. The number of aliphatic hydroxyl groups is 1. The van der Waals surface area contributed by atoms with Crippen molar-refractivity contribution in [1.82, 2.24) is 14.8 Å². The molecule has 68 valence electrons. The number of rotatable bonds is 4. The number of aromatic nitrogens is 3. The molecule has 1 atom stereocenters. The molecule has 0 amide bonds. The normalized spacial score (nSPS) is 13.2. The first kappa shape index (κ1) is 9.08. The lowest BCUT2D eigenvalue weighted by Crippen LogP contribution is -2.18. The van der Waals surface area contributed by atoms with Gasteiger partial charge in [-0.05, 0) is 0 Å². The summed E-state index contributed by atoms with van der Waals surface area (Å²) >= 11 is 0. The van der Waals surface area contributed by atoms with Crippen LogP contribution in [0.3, 0.4) is 0 Å². The molecule has 0 bridgehead atoms. The highest BCUT2D eigenvalue weighted by Crippen LogP contribution is 1.92. The summed E-state index contributed by atoms with van der Waals surface area (Å²) in [5, 5.41) is 12.8. The van der Waals surface area contributed by atoms with Gasteiger partial charge in [0.1, 0.15) is 19.1 Å². The molecule has 1 aromatic rings. The average Bonchev–Trinajstić information content (AvgIpc) is 2.52. The molecule has 0 spiro atoms. The van der Waals surface area contributed by atoms with Crippen LogP contribution in [0.15, 0.2) is 6.33 Å². The number of aliphatic hydroxyl groups excluding tert-OH is 1. The van der Waals surface area contributed by atoms with Crippen molar-refractivity contribution < 1.29 is 9.50 Å². The number of hydrogen-bond acceptors (Lipinski definition) is 4. The maximum Gasteiger partial charge on any atom is 0.164 e. The van der Waals surface area contributed by atoms with Crippen LogP contribution in [0.2, 0.25) is 0 Å². The topological polar surface area (TPSA) is 77.0 Å². The Morgan fingerprint density at radius 2 is 2.50 bits per heavy atom. The molecule has 1 heterocycles. The van der Waals surface area contributed by atoms with Crippen LogP contribution in [0.5, 0.6) is 0 Å². The number of alkyl halides is 1. The third-order valence-electron chi connectivity index (χ3n) is 1.34. The smallest absolute Gasteiger partial charge is 0.164 e. The Kier molecular flexibility index (Phi) is 3.12. The number of nitrogens with zero attached hydrogens (tertiary/aromatic N) is 3. The van der Waals surface area contributed by atoms with Crippen molar-refractivity contribution in [2.24, 2.45) is 5.73 Å². The van der Waals surface area contributed by atoms with Crippen molar-refractivity contribution in [3.8, 4) is 0 Å². The lowest BCUT2D eigenvalue weighted by molar-refractivity contribution is 0.118. The van der Waals surface area contributed by atoms with Crippen LogP contribution in [-0.4, -0.2) is 32.6 Å². The summed E-state index contributed by atoms with van der Waals surface area (Å²) in [5.74, 6) is 0.487. The van der Waals surface area contributed by atoms with Gasteiger partial charge in [-0.1, -0.05) is 0 Å². The number of hydrogen-bond donors (Lipinski definition) is 2. The number of halogens is 1. The highest BCUT2D eigenvalue weighted by atomic mass is 19.1. The van der Waals surface area contributed by atoms with E-state index in [2.05, 4.69) is 10.1 Å². The molecule has 0 fully saturated rings. The molecule has 6 heteroatoms. The fraction of sp³-hybridized carbons (Fsp3) is 0.667. The predicted molar refractivity (Wildman–Crippen MR) is 39.9 cm³/mol. The van der Waals surface area contributed by atoms with Crippen molar-refractivity contribution in [3.63, 3.8) is 0 Å². The minimum Gasteiger partial charge on any atom is -0.388 e. The minimum atomic E-state index is -1.02. The third kappa shape index (κ3) is 2.24. The standard InChI is InChI=1S/C6H11FN4O/c7-1-5(12)3-11-4-9-6(2-8)10-11/h4-5,12H,1-3,8H2. The van der Waals surface area contributed by atoms with E-state index in [0.717, 1.165) is 0 Å². The quantitative estimate of drug-likeness (QED) is 0.618. The summed E-state index contributed by atoms with van der Waals surface area (Å²) in [4.78, 5) is 3.82. The Bertz CT molecular complexity index is 239. The molecule has 0 aliphatic carbocycles. The number of nitrogens with two attached hydrogens (primary N) is 1. The van der Waals surface area contributed by atoms with Crippen LogP contribution < -0.4 is 5.73 Å². The van der Waals surface area contributed by atoms with Gasteiger partial charge < -0.3 is 10.8 Å². The summed E-state index contributed by atoms with van der Waals surface area (Å²) in [6.07, 6.45) is 0.401. The Morgan fingerprint density at radius 1 is 1.75 bits per heavy atom. The molecule has 1 rings (SSSR count). The van der Waals surface area contributed by atoms with E-state index in [9.17, 15) is 4.39 Å². The summed E-state index contributed by atoms with van der Waals surface area (Å²) in [6, 6.07) is 0. The molecule has 3 N–H and O–H groups in total. The van der Waals surface area contributed by atoms with E-state index < -0.39 is 12.8 Å². The van der Waals surface area contributed by atoms with Crippen molar-refractivity contribution in [1.29, 1.82) is 0 Å². The van der Waals surface area contributed by atoms with Crippen LogP contribution in [0.1, 0.15) is 5.82 Å². The fourth-order valence-corrected chi connectivity index (χ4v) is 0.779. The van der Waals surface area contributed by atoms with Gasteiger partial charge in [-0.2, -0.15) is 5.10 Å². The monoisotopic (exact) mass is 174 g/mol. The van der Waals surface area contributed by atoms with Gasteiger partial charge in [0, 0.05) is 0 Å². The van der Waals surface area contributed by atoms with E-state index in [0.29, 0.717) is 5.82 Å². The first-order valence-corrected chi connectivity index (χ1v) is 3.58. The summed E-state index contributed by atoms with van der Waals surface area (Å²) < 4.78 is 13.2. The molecule has 1 unspecified atom stereocenters. The van der Waals surface area contributed by atoms with Gasteiger partial charge in [0.15, 0.2) is 5.82 Å². The molecule has 0 aliphatic rings. The summed E-state index contributed by atoms with van der Waals surface area (Å²) in [5.41, 5.74) is 5.25. The molecule has 1 aromatic heterocycles. The fourth-order valence-electron chi connectivity index (χ4n) is 0.779. The molecule has 0 aromatic carbocycles. The molecular formula is C6H11FN4O. The van der Waals surface area contributed by atoms with Gasteiger partial charge in [0.25, 0.3) is 0 Å². The first-order valence-electron chi connectivity index (χ1n) is 3.58. The molecular weight excluding hydrogens is 163 g/mol. The van der Waals surface area contributed by atoms with E-state index >= 15 is 0 Å². The second kappa shape index (κ2) is 4.13. The van der Waals surface area contributed by atoms with E-state index in [1.54, 1.807) is 0 Å². The molecule has 0 aliphatic heterocycles. The van der Waals surface area contributed by atoms with Crippen LogP contribution >= 0.6 is 0 Å². The van der Waals surface area contributed by atoms with Gasteiger partial charge in [-0.3, -0.25) is 0 Å². The van der Waals surface area contributed by atoms with E-state index in [-0.39, 0.29) is 13.1 Å². The minimum absolute atomic E-state index is 0.115. The highest BCUT2D eigenvalue weighted by Gasteiger charge is 2.05. The Hall–Kier alpha value is -1.01. The van der Waals surface area contributed by atoms with Crippen LogP contribution in [0.25, 0.3) is 0 Å². The summed E-state index contributed by atoms with van der Waals surface area (Å²) in [7, 11) is 0. The van der Waals surface area contributed by atoms with Crippen LogP contribution in [0, 0.1) is 0 Å². The van der Waals surface area contributed by atoms with Gasteiger partial charge in [-0.25, -0.2) is 14.1 Å². The SMILES string of the molecule is NCc1ncn(CC(O)CF)n1. The maximum atomic E-state index is 11.8. The Labute approximate surface area is 69.0 Å². The maximum absolute atomic E-state index is 11.8. The highest BCUT2D eigenvalue weighted by molar-refractivity contribution is 4.79. The lowest BCUT2D eigenvalue weighted by Gasteiger charge is -2.03. The lowest BCUT2D eigenvalue weighted by atomic mass is 10.4.